The summed E-state index contributed by atoms with van der Waals surface area (Å²) in [5.74, 6) is 0. The molecule has 0 atom stereocenters. The number of likely N-dealkylation sites (N-methyl/N-ethyl adjacent to an activating group) is 1. The minimum absolute atomic E-state index is 0.997. The van der Waals surface area contributed by atoms with Crippen LogP contribution < -0.4 is 5.32 Å². The van der Waals surface area contributed by atoms with Gasteiger partial charge in [-0.2, -0.15) is 0 Å². The van der Waals surface area contributed by atoms with E-state index in [9.17, 15) is 0 Å². The van der Waals surface area contributed by atoms with E-state index in [2.05, 4.69) is 58.2 Å². The van der Waals surface area contributed by atoms with Gasteiger partial charge in [0.1, 0.15) is 0 Å². The van der Waals surface area contributed by atoms with E-state index in [1.54, 1.807) is 0 Å². The number of thiophene rings is 1. The summed E-state index contributed by atoms with van der Waals surface area (Å²) in [6.07, 6.45) is 0. The van der Waals surface area contributed by atoms with Crippen LogP contribution in [0.15, 0.2) is 11.4 Å². The third kappa shape index (κ3) is 4.72. The summed E-state index contributed by atoms with van der Waals surface area (Å²) < 4.78 is 1.37. The molecule has 0 saturated carbocycles. The molecule has 0 unspecified atom stereocenters. The van der Waals surface area contributed by atoms with E-state index in [1.165, 1.54) is 8.45 Å². The maximum Gasteiger partial charge on any atom is 0.0656 e. The van der Waals surface area contributed by atoms with Gasteiger partial charge in [0.2, 0.25) is 0 Å². The second-order valence-electron chi connectivity index (χ2n) is 3.33. The highest BCUT2D eigenvalue weighted by molar-refractivity contribution is 14.1. The van der Waals surface area contributed by atoms with E-state index in [0.29, 0.717) is 0 Å². The maximum absolute atomic E-state index is 3.44. The Hall–Kier alpha value is 0.350. The first-order valence-electron chi connectivity index (χ1n) is 4.84. The summed E-state index contributed by atoms with van der Waals surface area (Å²) in [6, 6.07) is 2.24. The number of nitrogens with zero attached hydrogens (tertiary/aromatic N) is 1. The van der Waals surface area contributed by atoms with Crippen LogP contribution in [0.5, 0.6) is 0 Å². The van der Waals surface area contributed by atoms with Crippen LogP contribution in [0.2, 0.25) is 0 Å². The first-order chi connectivity index (χ1) is 6.72. The van der Waals surface area contributed by atoms with Crippen molar-refractivity contribution in [3.8, 4) is 0 Å². The predicted octanol–water partition coefficient (Wildman–Crippen LogP) is 2.39. The number of hydrogen-bond acceptors (Lipinski definition) is 3. The lowest BCUT2D eigenvalue weighted by Gasteiger charge is -2.13. The molecule has 1 heterocycles. The van der Waals surface area contributed by atoms with E-state index < -0.39 is 0 Å². The average molecular weight is 324 g/mol. The van der Waals surface area contributed by atoms with Crippen molar-refractivity contribution in [3.05, 3.63) is 19.9 Å². The highest BCUT2D eigenvalue weighted by Crippen LogP contribution is 2.15. The van der Waals surface area contributed by atoms with E-state index in [4.69, 9.17) is 0 Å². The van der Waals surface area contributed by atoms with E-state index in [1.807, 2.05) is 11.3 Å². The molecule has 0 fully saturated rings. The summed E-state index contributed by atoms with van der Waals surface area (Å²) >= 11 is 4.17. The van der Waals surface area contributed by atoms with Gasteiger partial charge in [-0.05, 0) is 53.2 Å². The molecule has 1 aromatic heterocycles. The van der Waals surface area contributed by atoms with Gasteiger partial charge >= 0.3 is 0 Å². The number of nitrogens with one attached hydrogen (secondary N) is 1. The lowest BCUT2D eigenvalue weighted by Crippen LogP contribution is -2.28. The zero-order valence-corrected chi connectivity index (χ0v) is 11.7. The lowest BCUT2D eigenvalue weighted by molar-refractivity contribution is 0.349. The minimum Gasteiger partial charge on any atom is -0.311 e. The molecule has 0 bridgehead atoms. The van der Waals surface area contributed by atoms with E-state index >= 15 is 0 Å². The van der Waals surface area contributed by atoms with Gasteiger partial charge < -0.3 is 10.2 Å². The SMILES string of the molecule is CCN(C)CCNCc1csc(I)c1. The van der Waals surface area contributed by atoms with Crippen LogP contribution in [0.1, 0.15) is 12.5 Å². The fourth-order valence-corrected chi connectivity index (χ4v) is 2.52. The highest BCUT2D eigenvalue weighted by atomic mass is 127. The van der Waals surface area contributed by atoms with Crippen LogP contribution in [0.3, 0.4) is 0 Å². The molecule has 0 aliphatic rings. The van der Waals surface area contributed by atoms with Crippen LogP contribution in [0, 0.1) is 2.88 Å². The second kappa shape index (κ2) is 6.76. The monoisotopic (exact) mass is 324 g/mol. The molecule has 14 heavy (non-hydrogen) atoms. The minimum atomic E-state index is 0.997. The third-order valence-electron chi connectivity index (χ3n) is 2.16. The third-order valence-corrected chi connectivity index (χ3v) is 4.00. The van der Waals surface area contributed by atoms with Crippen molar-refractivity contribution in [2.75, 3.05) is 26.7 Å². The molecule has 1 aromatic rings. The first kappa shape index (κ1) is 12.4. The summed E-state index contributed by atoms with van der Waals surface area (Å²) in [5, 5.41) is 5.66. The van der Waals surface area contributed by atoms with Gasteiger partial charge in [-0.3, -0.25) is 0 Å². The van der Waals surface area contributed by atoms with Crippen molar-refractivity contribution < 1.29 is 0 Å². The number of hydrogen-bond donors (Lipinski definition) is 1. The van der Waals surface area contributed by atoms with E-state index in [-0.39, 0.29) is 0 Å². The summed E-state index contributed by atoms with van der Waals surface area (Å²) in [4.78, 5) is 2.31. The molecular weight excluding hydrogens is 307 g/mol. The van der Waals surface area contributed by atoms with Gasteiger partial charge in [0.15, 0.2) is 0 Å². The number of halogens is 1. The van der Waals surface area contributed by atoms with E-state index in [0.717, 1.165) is 26.2 Å². The molecule has 0 aliphatic heterocycles. The van der Waals surface area contributed by atoms with Crippen molar-refractivity contribution in [3.63, 3.8) is 0 Å². The van der Waals surface area contributed by atoms with Gasteiger partial charge in [0.05, 0.1) is 2.88 Å². The van der Waals surface area contributed by atoms with Gasteiger partial charge in [0, 0.05) is 19.6 Å². The zero-order valence-electron chi connectivity index (χ0n) is 8.72. The van der Waals surface area contributed by atoms with Crippen molar-refractivity contribution in [1.82, 2.24) is 10.2 Å². The predicted molar refractivity (Wildman–Crippen MR) is 71.9 cm³/mol. The molecule has 80 valence electrons. The van der Waals surface area contributed by atoms with Gasteiger partial charge in [-0.1, -0.05) is 6.92 Å². The van der Waals surface area contributed by atoms with Crippen molar-refractivity contribution in [2.45, 2.75) is 13.5 Å². The Morgan fingerprint density at radius 1 is 1.57 bits per heavy atom. The van der Waals surface area contributed by atoms with Crippen LogP contribution in [-0.4, -0.2) is 31.6 Å². The smallest absolute Gasteiger partial charge is 0.0656 e. The Morgan fingerprint density at radius 3 is 2.93 bits per heavy atom. The Balaban J connectivity index is 2.10. The second-order valence-corrected chi connectivity index (χ2v) is 6.14. The fourth-order valence-electron chi connectivity index (χ4n) is 1.10. The van der Waals surface area contributed by atoms with Crippen molar-refractivity contribution in [2.24, 2.45) is 0 Å². The summed E-state index contributed by atoms with van der Waals surface area (Å²) in [6.45, 7) is 6.49. The van der Waals surface area contributed by atoms with Crippen LogP contribution in [0.4, 0.5) is 0 Å². The van der Waals surface area contributed by atoms with Crippen LogP contribution in [0.25, 0.3) is 0 Å². The summed E-state index contributed by atoms with van der Waals surface area (Å²) in [7, 11) is 2.15. The first-order valence-corrected chi connectivity index (χ1v) is 6.80. The maximum atomic E-state index is 3.44. The zero-order chi connectivity index (χ0) is 10.4. The van der Waals surface area contributed by atoms with Crippen LogP contribution in [-0.2, 0) is 6.54 Å². The topological polar surface area (TPSA) is 15.3 Å². The Kier molecular flexibility index (Phi) is 6.00. The Morgan fingerprint density at radius 2 is 2.36 bits per heavy atom. The normalized spacial score (nSPS) is 11.1. The van der Waals surface area contributed by atoms with Gasteiger partial charge in [-0.25, -0.2) is 0 Å². The standard InChI is InChI=1S/C10H17IN2S/c1-3-13(2)5-4-12-7-9-6-10(11)14-8-9/h6,8,12H,3-5,7H2,1-2H3. The largest absolute Gasteiger partial charge is 0.311 e. The van der Waals surface area contributed by atoms with Crippen molar-refractivity contribution in [1.29, 1.82) is 0 Å². The fraction of sp³-hybridized carbons (Fsp3) is 0.600. The molecule has 1 rings (SSSR count). The highest BCUT2D eigenvalue weighted by Gasteiger charge is 1.97. The molecule has 2 nitrogen and oxygen atoms in total. The molecule has 0 amide bonds. The molecule has 0 saturated heterocycles. The quantitative estimate of drug-likeness (QED) is 0.639. The molecule has 0 aromatic carbocycles. The molecule has 0 spiro atoms. The van der Waals surface area contributed by atoms with Gasteiger partial charge in [0.25, 0.3) is 0 Å². The Bertz CT molecular complexity index is 262. The number of rotatable bonds is 6. The molecule has 1 N–H and O–H groups in total. The average Bonchev–Trinajstić information content (AvgIpc) is 2.58. The van der Waals surface area contributed by atoms with Crippen LogP contribution >= 0.6 is 33.9 Å². The molecule has 4 heteroatoms. The molecular formula is C10H17IN2S. The molecule has 0 aliphatic carbocycles. The summed E-state index contributed by atoms with van der Waals surface area (Å²) in [5.41, 5.74) is 1.40. The van der Waals surface area contributed by atoms with Gasteiger partial charge in [-0.15, -0.1) is 11.3 Å². The van der Waals surface area contributed by atoms with Crippen molar-refractivity contribution >= 4 is 33.9 Å². The molecule has 0 radical (unpaired) electrons. The Labute approximate surface area is 104 Å². The lowest BCUT2D eigenvalue weighted by atomic mass is 10.3.